The van der Waals surface area contributed by atoms with Crippen LogP contribution in [0.4, 0.5) is 9.59 Å². The Morgan fingerprint density at radius 3 is 2.03 bits per heavy atom. The number of nitrogens with zero attached hydrogens (tertiary/aromatic N) is 4. The SMILES string of the molecule is COC(=O)N[C@H](C(=O)N1CCC[C@H]1c1ncc(-c2ccc3cc(-c4ccc5nc([C@@H]6CCCN6C(=O)[C@H](NC(=O)OC)c6ccccc6)[nH]c5c4)ccc3c2)[nH]1)[C@@H](C)OC. The fraction of sp³-hybridized carbons (Fsp3) is 0.333. The molecular weight excluding hydrogens is 765 g/mol. The number of alkyl carbamates (subject to hydrolysis) is 2. The van der Waals surface area contributed by atoms with Crippen molar-refractivity contribution in [2.75, 3.05) is 34.4 Å². The first-order valence-corrected chi connectivity index (χ1v) is 20.1. The minimum Gasteiger partial charge on any atom is -0.453 e. The fourth-order valence-corrected chi connectivity index (χ4v) is 8.40. The number of carbonyl (C=O) groups excluding carboxylic acids is 4. The molecular formula is C45H48N8O7. The molecule has 2 fully saturated rings. The third-order valence-electron chi connectivity index (χ3n) is 11.7. The van der Waals surface area contributed by atoms with Crippen molar-refractivity contribution in [1.82, 2.24) is 40.4 Å². The van der Waals surface area contributed by atoms with E-state index < -0.39 is 30.4 Å². The molecule has 4 N–H and O–H groups in total. The Labute approximate surface area is 346 Å². The molecule has 0 spiro atoms. The van der Waals surface area contributed by atoms with Gasteiger partial charge in [0.15, 0.2) is 0 Å². The molecule has 0 aliphatic carbocycles. The highest BCUT2D eigenvalue weighted by Gasteiger charge is 2.39. The summed E-state index contributed by atoms with van der Waals surface area (Å²) < 4.78 is 15.0. The number of amides is 4. The van der Waals surface area contributed by atoms with Crippen molar-refractivity contribution >= 4 is 45.8 Å². The number of rotatable bonds is 11. The van der Waals surface area contributed by atoms with Gasteiger partial charge in [0.25, 0.3) is 5.91 Å². The van der Waals surface area contributed by atoms with Gasteiger partial charge >= 0.3 is 12.2 Å². The van der Waals surface area contributed by atoms with Crippen LogP contribution < -0.4 is 10.6 Å². The summed E-state index contributed by atoms with van der Waals surface area (Å²) in [5.74, 6) is 0.926. The molecule has 2 aliphatic heterocycles. The van der Waals surface area contributed by atoms with Gasteiger partial charge in [0, 0.05) is 25.8 Å². The summed E-state index contributed by atoms with van der Waals surface area (Å²) in [5, 5.41) is 7.48. The average Bonchev–Trinajstić information content (AvgIpc) is 4.13. The predicted octanol–water partition coefficient (Wildman–Crippen LogP) is 6.96. The second kappa shape index (κ2) is 17.2. The summed E-state index contributed by atoms with van der Waals surface area (Å²) in [7, 11) is 4.04. The number of nitrogens with one attached hydrogen (secondary N) is 4. The predicted molar refractivity (Wildman–Crippen MR) is 225 cm³/mol. The molecule has 0 bridgehead atoms. The van der Waals surface area contributed by atoms with Crippen molar-refractivity contribution in [1.29, 1.82) is 0 Å². The molecule has 0 radical (unpaired) electrons. The van der Waals surface area contributed by atoms with Crippen LogP contribution >= 0.6 is 0 Å². The summed E-state index contributed by atoms with van der Waals surface area (Å²) in [5.41, 5.74) is 6.21. The molecule has 0 saturated carbocycles. The van der Waals surface area contributed by atoms with Crippen LogP contribution in [0.15, 0.2) is 91.1 Å². The standard InChI is InChI=1S/C45H48N8O7/c1-26(58-2)38(50-44(56)59-3)42(54)52-20-8-12-36(52)40-46-25-35(49-40)32-17-16-28-22-29(14-15-30(28)23-32)31-18-19-33-34(24-31)48-41(47-33)37-13-9-21-53(37)43(55)39(51-45(57)60-4)27-10-6-5-7-11-27/h5-7,10-11,14-19,22-26,36-39H,8-9,12-13,20-21H2,1-4H3,(H,46,49)(H,47,48)(H,50,56)(H,51,57)/t26-,36+,37+,38+,39-/m1/s1. The quantitative estimate of drug-likeness (QED) is 0.107. The van der Waals surface area contributed by atoms with Gasteiger partial charge in [-0.05, 0) is 84.3 Å². The Morgan fingerprint density at radius 1 is 0.717 bits per heavy atom. The third-order valence-corrected chi connectivity index (χ3v) is 11.7. The van der Waals surface area contributed by atoms with E-state index in [1.807, 2.05) is 36.4 Å². The lowest BCUT2D eigenvalue weighted by atomic mass is 9.99. The molecule has 15 heteroatoms. The van der Waals surface area contributed by atoms with Gasteiger partial charge in [-0.2, -0.15) is 0 Å². The lowest BCUT2D eigenvalue weighted by Crippen LogP contribution is -2.54. The number of hydrogen-bond acceptors (Lipinski definition) is 9. The maximum absolute atomic E-state index is 14.0. The highest BCUT2D eigenvalue weighted by atomic mass is 16.5. The van der Waals surface area contributed by atoms with Gasteiger partial charge in [0.05, 0.1) is 55.3 Å². The van der Waals surface area contributed by atoms with E-state index >= 15 is 0 Å². The molecule has 5 atom stereocenters. The fourth-order valence-electron chi connectivity index (χ4n) is 8.40. The number of aromatic amines is 2. The molecule has 4 heterocycles. The minimum atomic E-state index is -0.903. The van der Waals surface area contributed by atoms with Crippen molar-refractivity contribution in [3.05, 3.63) is 108 Å². The van der Waals surface area contributed by atoms with Crippen molar-refractivity contribution in [3.8, 4) is 22.4 Å². The number of fused-ring (bicyclic) bond motifs is 2. The van der Waals surface area contributed by atoms with Gasteiger partial charge in [-0.1, -0.05) is 60.7 Å². The second-order valence-corrected chi connectivity index (χ2v) is 15.2. The molecule has 310 valence electrons. The summed E-state index contributed by atoms with van der Waals surface area (Å²) >= 11 is 0. The summed E-state index contributed by atoms with van der Waals surface area (Å²) in [6.07, 6.45) is 2.96. The average molecular weight is 813 g/mol. The second-order valence-electron chi connectivity index (χ2n) is 15.2. The van der Waals surface area contributed by atoms with E-state index in [4.69, 9.17) is 24.2 Å². The number of likely N-dealkylation sites (tertiary alicyclic amines) is 2. The van der Waals surface area contributed by atoms with Gasteiger partial charge in [0.1, 0.15) is 23.7 Å². The number of methoxy groups -OCH3 is 3. The first kappa shape index (κ1) is 40.1. The maximum atomic E-state index is 14.0. The summed E-state index contributed by atoms with van der Waals surface area (Å²) in [6, 6.07) is 25.6. The molecule has 15 nitrogen and oxygen atoms in total. The van der Waals surface area contributed by atoms with Gasteiger partial charge in [0.2, 0.25) is 5.91 Å². The number of aromatic nitrogens is 4. The molecule has 8 rings (SSSR count). The monoisotopic (exact) mass is 812 g/mol. The Bertz CT molecular complexity index is 2540. The maximum Gasteiger partial charge on any atom is 0.407 e. The number of imidazole rings is 2. The van der Waals surface area contributed by atoms with E-state index in [-0.39, 0.29) is 23.9 Å². The molecule has 2 aromatic heterocycles. The minimum absolute atomic E-state index is 0.215. The highest BCUT2D eigenvalue weighted by Crippen LogP contribution is 2.36. The van der Waals surface area contributed by atoms with Gasteiger partial charge in [-0.3, -0.25) is 9.59 Å². The molecule has 2 aliphatic rings. The zero-order chi connectivity index (χ0) is 41.9. The summed E-state index contributed by atoms with van der Waals surface area (Å²) in [6.45, 7) is 2.82. The topological polar surface area (TPSA) is 184 Å². The van der Waals surface area contributed by atoms with E-state index in [1.54, 1.807) is 22.9 Å². The normalized spacial score (nSPS) is 18.0. The highest BCUT2D eigenvalue weighted by molar-refractivity contribution is 5.92. The van der Waals surface area contributed by atoms with Crippen molar-refractivity contribution in [2.45, 2.75) is 62.9 Å². The molecule has 2 saturated heterocycles. The third kappa shape index (κ3) is 8.00. The smallest absolute Gasteiger partial charge is 0.407 e. The number of ether oxygens (including phenoxy) is 3. The van der Waals surface area contributed by atoms with Gasteiger partial charge in [-0.15, -0.1) is 0 Å². The van der Waals surface area contributed by atoms with E-state index in [1.165, 1.54) is 21.3 Å². The first-order chi connectivity index (χ1) is 29.1. The zero-order valence-electron chi connectivity index (χ0n) is 33.9. The van der Waals surface area contributed by atoms with Crippen LogP contribution in [0, 0.1) is 0 Å². The van der Waals surface area contributed by atoms with Crippen molar-refractivity contribution < 1.29 is 33.4 Å². The van der Waals surface area contributed by atoms with Gasteiger partial charge in [-0.25, -0.2) is 19.6 Å². The van der Waals surface area contributed by atoms with Crippen LogP contribution in [0.1, 0.15) is 67.9 Å². The van der Waals surface area contributed by atoms with Crippen LogP contribution in [0.2, 0.25) is 0 Å². The first-order valence-electron chi connectivity index (χ1n) is 20.1. The molecule has 0 unspecified atom stereocenters. The number of H-pyrrole nitrogens is 2. The van der Waals surface area contributed by atoms with Crippen LogP contribution in [-0.4, -0.2) is 100 Å². The van der Waals surface area contributed by atoms with E-state index in [2.05, 4.69) is 69.1 Å². The molecule has 60 heavy (non-hydrogen) atoms. The molecule has 4 amide bonds. The van der Waals surface area contributed by atoms with Gasteiger partial charge < -0.3 is 44.6 Å². The van der Waals surface area contributed by atoms with Crippen molar-refractivity contribution in [2.24, 2.45) is 0 Å². The number of hydrogen-bond donors (Lipinski definition) is 4. The Morgan fingerprint density at radius 2 is 1.33 bits per heavy atom. The van der Waals surface area contributed by atoms with E-state index in [0.717, 1.165) is 69.9 Å². The lowest BCUT2D eigenvalue weighted by Gasteiger charge is -2.30. The number of benzene rings is 4. The number of carbonyl (C=O) groups is 4. The van der Waals surface area contributed by atoms with E-state index in [9.17, 15) is 19.2 Å². The Hall–Kier alpha value is -6.74. The van der Waals surface area contributed by atoms with Crippen molar-refractivity contribution in [3.63, 3.8) is 0 Å². The molecule has 6 aromatic rings. The van der Waals surface area contributed by atoms with Crippen LogP contribution in [-0.2, 0) is 23.8 Å². The molecule has 4 aromatic carbocycles. The zero-order valence-corrected chi connectivity index (χ0v) is 33.9. The Kier molecular flexibility index (Phi) is 11.5. The lowest BCUT2D eigenvalue weighted by molar-refractivity contribution is -0.137. The largest absolute Gasteiger partial charge is 0.453 e. The van der Waals surface area contributed by atoms with Crippen LogP contribution in [0.25, 0.3) is 44.2 Å². The van der Waals surface area contributed by atoms with E-state index in [0.29, 0.717) is 30.3 Å². The summed E-state index contributed by atoms with van der Waals surface area (Å²) in [4.78, 5) is 72.1. The Balaban J connectivity index is 0.986. The van der Waals surface area contributed by atoms with Crippen LogP contribution in [0.3, 0.4) is 0 Å². The van der Waals surface area contributed by atoms with Crippen LogP contribution in [0.5, 0.6) is 0 Å².